The van der Waals surface area contributed by atoms with Crippen LogP contribution in [0.25, 0.3) is 0 Å². The third-order valence-electron chi connectivity index (χ3n) is 0.408. The third-order valence-corrected chi connectivity index (χ3v) is 1.22. The zero-order chi connectivity index (χ0) is 8.62. The maximum absolute atomic E-state index is 9.92. The Kier molecular flexibility index (Phi) is 8.68. The van der Waals surface area contributed by atoms with Crippen LogP contribution in [0.15, 0.2) is 0 Å². The molecule has 0 fully saturated rings. The van der Waals surface area contributed by atoms with Crippen LogP contribution in [0.1, 0.15) is 6.92 Å². The van der Waals surface area contributed by atoms with E-state index in [-0.39, 0.29) is 0 Å². The van der Waals surface area contributed by atoms with E-state index in [4.69, 9.17) is 5.73 Å². The predicted octanol–water partition coefficient (Wildman–Crippen LogP) is -0.511. The fraction of sp³-hybridized carbons (Fsp3) is 1.00. The summed E-state index contributed by atoms with van der Waals surface area (Å²) in [7, 11) is -1.60. The maximum Gasteiger partial charge on any atom is 0.399 e. The Balaban J connectivity index is 0. The van der Waals surface area contributed by atoms with Crippen LogP contribution in [-0.4, -0.2) is 29.2 Å². The SMILES string of the molecule is CCN.COS(=O)(=O)OC. The maximum atomic E-state index is 9.92. The molecule has 0 aromatic heterocycles. The standard InChI is InChI=1S/C2H7N.C2H6O4S/c1-2-3;1-5-7(3,4)6-2/h2-3H2,1H3;1-2H3. The van der Waals surface area contributed by atoms with Crippen molar-refractivity contribution in [2.24, 2.45) is 5.73 Å². The monoisotopic (exact) mass is 171 g/mol. The molecule has 6 heteroatoms. The van der Waals surface area contributed by atoms with Gasteiger partial charge in [-0.3, -0.25) is 8.37 Å². The van der Waals surface area contributed by atoms with E-state index in [2.05, 4.69) is 8.37 Å². The lowest BCUT2D eigenvalue weighted by atomic mass is 10.8. The molecule has 64 valence electrons. The van der Waals surface area contributed by atoms with Gasteiger partial charge in [-0.1, -0.05) is 6.92 Å². The average Bonchev–Trinajstić information content (AvgIpc) is 1.90. The van der Waals surface area contributed by atoms with Gasteiger partial charge in [0.1, 0.15) is 0 Å². The van der Waals surface area contributed by atoms with E-state index in [1.165, 1.54) is 0 Å². The molecule has 0 saturated heterocycles. The first-order valence-electron chi connectivity index (χ1n) is 2.60. The molecule has 0 radical (unpaired) electrons. The van der Waals surface area contributed by atoms with Crippen molar-refractivity contribution < 1.29 is 16.8 Å². The van der Waals surface area contributed by atoms with Crippen molar-refractivity contribution in [1.82, 2.24) is 0 Å². The molecule has 0 spiro atoms. The first-order valence-corrected chi connectivity index (χ1v) is 3.93. The van der Waals surface area contributed by atoms with E-state index < -0.39 is 10.4 Å². The number of nitrogens with two attached hydrogens (primary N) is 1. The van der Waals surface area contributed by atoms with Crippen LogP contribution in [-0.2, 0) is 18.8 Å². The van der Waals surface area contributed by atoms with Gasteiger partial charge in [0.05, 0.1) is 14.2 Å². The summed E-state index contributed by atoms with van der Waals surface area (Å²) in [5, 5.41) is 0. The van der Waals surface area contributed by atoms with Crippen LogP contribution in [0.4, 0.5) is 0 Å². The Morgan fingerprint density at radius 2 is 1.50 bits per heavy atom. The van der Waals surface area contributed by atoms with Crippen molar-refractivity contribution in [1.29, 1.82) is 0 Å². The summed E-state index contributed by atoms with van der Waals surface area (Å²) in [4.78, 5) is 0. The fourth-order valence-electron chi connectivity index (χ4n) is 0.0680. The Bertz CT molecular complexity index is 131. The van der Waals surface area contributed by atoms with Crippen LogP contribution in [0.3, 0.4) is 0 Å². The summed E-state index contributed by atoms with van der Waals surface area (Å²) in [5.41, 5.74) is 4.85. The summed E-state index contributed by atoms with van der Waals surface area (Å²) >= 11 is 0. The van der Waals surface area contributed by atoms with Gasteiger partial charge < -0.3 is 5.73 Å². The molecule has 0 aromatic rings. The van der Waals surface area contributed by atoms with Crippen molar-refractivity contribution in [3.63, 3.8) is 0 Å². The molecule has 0 aliphatic heterocycles. The van der Waals surface area contributed by atoms with Crippen molar-refractivity contribution in [3.05, 3.63) is 0 Å². The van der Waals surface area contributed by atoms with E-state index in [0.29, 0.717) is 0 Å². The van der Waals surface area contributed by atoms with Gasteiger partial charge in [0.2, 0.25) is 0 Å². The quantitative estimate of drug-likeness (QED) is 0.605. The highest BCUT2D eigenvalue weighted by molar-refractivity contribution is 7.81. The molecule has 2 N–H and O–H groups in total. The van der Waals surface area contributed by atoms with Gasteiger partial charge in [0.25, 0.3) is 0 Å². The van der Waals surface area contributed by atoms with Crippen molar-refractivity contribution >= 4 is 10.4 Å². The largest absolute Gasteiger partial charge is 0.399 e. The Hall–Kier alpha value is -0.170. The van der Waals surface area contributed by atoms with E-state index in [1.54, 1.807) is 0 Å². The molecule has 0 heterocycles. The zero-order valence-corrected chi connectivity index (χ0v) is 7.14. The van der Waals surface area contributed by atoms with Gasteiger partial charge in [-0.05, 0) is 6.54 Å². The highest BCUT2D eigenvalue weighted by Gasteiger charge is 2.01. The Morgan fingerprint density at radius 3 is 1.50 bits per heavy atom. The molecule has 0 aliphatic carbocycles. The lowest BCUT2D eigenvalue weighted by Gasteiger charge is -1.91. The topological polar surface area (TPSA) is 78.6 Å². The molecule has 5 nitrogen and oxygen atoms in total. The lowest BCUT2D eigenvalue weighted by Crippen LogP contribution is -2.02. The molecule has 0 aromatic carbocycles. The fourth-order valence-corrected chi connectivity index (χ4v) is 0.204. The molecule has 0 saturated carbocycles. The minimum Gasteiger partial charge on any atom is -0.331 e. The second-order valence-corrected chi connectivity index (χ2v) is 2.63. The van der Waals surface area contributed by atoms with Gasteiger partial charge in [0.15, 0.2) is 0 Å². The minimum atomic E-state index is -3.66. The van der Waals surface area contributed by atoms with E-state index in [9.17, 15) is 8.42 Å². The second-order valence-electron chi connectivity index (χ2n) is 1.15. The van der Waals surface area contributed by atoms with Crippen LogP contribution >= 0.6 is 0 Å². The molecule has 10 heavy (non-hydrogen) atoms. The van der Waals surface area contributed by atoms with Gasteiger partial charge in [-0.25, -0.2) is 0 Å². The summed E-state index contributed by atoms with van der Waals surface area (Å²) in [5.74, 6) is 0. The summed E-state index contributed by atoms with van der Waals surface area (Å²) in [6.45, 7) is 2.65. The van der Waals surface area contributed by atoms with E-state index in [1.807, 2.05) is 6.92 Å². The molecule has 0 aliphatic rings. The van der Waals surface area contributed by atoms with Gasteiger partial charge in [-0.15, -0.1) is 0 Å². The first-order chi connectivity index (χ1) is 4.54. The Labute approximate surface area is 61.5 Å². The Morgan fingerprint density at radius 1 is 1.30 bits per heavy atom. The molecule has 0 atom stereocenters. The highest BCUT2D eigenvalue weighted by Crippen LogP contribution is 1.85. The molecule has 0 unspecified atom stereocenters. The van der Waals surface area contributed by atoms with Crippen LogP contribution in [0.2, 0.25) is 0 Å². The molecular weight excluding hydrogens is 158 g/mol. The molecular formula is C4H13NO4S. The number of rotatable bonds is 2. The molecule has 0 amide bonds. The zero-order valence-electron chi connectivity index (χ0n) is 6.33. The second kappa shape index (κ2) is 6.94. The summed E-state index contributed by atoms with van der Waals surface area (Å²) in [6.07, 6.45) is 0. The third kappa shape index (κ3) is 10.7. The number of hydrogen-bond acceptors (Lipinski definition) is 5. The number of hydrogen-bond donors (Lipinski definition) is 1. The van der Waals surface area contributed by atoms with Crippen LogP contribution < -0.4 is 5.73 Å². The predicted molar refractivity (Wildman–Crippen MR) is 37.7 cm³/mol. The highest BCUT2D eigenvalue weighted by atomic mass is 32.3. The van der Waals surface area contributed by atoms with Crippen molar-refractivity contribution in [2.75, 3.05) is 20.8 Å². The summed E-state index contributed by atoms with van der Waals surface area (Å²) in [6, 6.07) is 0. The normalized spacial score (nSPS) is 10.0. The average molecular weight is 171 g/mol. The lowest BCUT2D eigenvalue weighted by molar-refractivity contribution is 0.286. The first kappa shape index (κ1) is 12.5. The van der Waals surface area contributed by atoms with Crippen LogP contribution in [0.5, 0.6) is 0 Å². The van der Waals surface area contributed by atoms with Crippen molar-refractivity contribution in [2.45, 2.75) is 6.92 Å². The van der Waals surface area contributed by atoms with Gasteiger partial charge >= 0.3 is 10.4 Å². The van der Waals surface area contributed by atoms with Crippen molar-refractivity contribution in [3.8, 4) is 0 Å². The molecule has 0 rings (SSSR count). The van der Waals surface area contributed by atoms with E-state index in [0.717, 1.165) is 20.8 Å². The van der Waals surface area contributed by atoms with Gasteiger partial charge in [-0.2, -0.15) is 8.42 Å². The summed E-state index contributed by atoms with van der Waals surface area (Å²) < 4.78 is 27.5. The van der Waals surface area contributed by atoms with Gasteiger partial charge in [0, 0.05) is 0 Å². The van der Waals surface area contributed by atoms with E-state index >= 15 is 0 Å². The smallest absolute Gasteiger partial charge is 0.331 e. The minimum absolute atomic E-state index is 0.750. The van der Waals surface area contributed by atoms with Crippen LogP contribution in [0, 0.1) is 0 Å². The molecule has 0 bridgehead atoms.